The van der Waals surface area contributed by atoms with Crippen LogP contribution in [-0.2, 0) is 12.8 Å². The van der Waals surface area contributed by atoms with Crippen LogP contribution in [0.3, 0.4) is 0 Å². The molecule has 4 aromatic rings. The van der Waals surface area contributed by atoms with Crippen molar-refractivity contribution in [3.63, 3.8) is 0 Å². The lowest BCUT2D eigenvalue weighted by molar-refractivity contribution is 0.0605. The maximum atomic E-state index is 15.3. The number of nitrogens with zero attached hydrogens (tertiary/aromatic N) is 4. The van der Waals surface area contributed by atoms with E-state index in [9.17, 15) is 13.6 Å². The fraction of sp³-hybridized carbons (Fsp3) is 0.471. The van der Waals surface area contributed by atoms with E-state index in [0.29, 0.717) is 41.3 Å². The van der Waals surface area contributed by atoms with Gasteiger partial charge in [-0.1, -0.05) is 25.1 Å². The third-order valence-electron chi connectivity index (χ3n) is 10.9. The van der Waals surface area contributed by atoms with Gasteiger partial charge in [-0.3, -0.25) is 14.8 Å². The number of carbonyl (C=O) groups excluding carboxylic acids is 1. The number of H-pyrrole nitrogens is 2. The van der Waals surface area contributed by atoms with E-state index in [0.717, 1.165) is 56.8 Å². The normalized spacial score (nSPS) is 25.2. The molecule has 2 N–H and O–H groups in total. The quantitative estimate of drug-likeness (QED) is 0.306. The molecule has 2 aromatic heterocycles. The van der Waals surface area contributed by atoms with Crippen LogP contribution in [0.15, 0.2) is 48.5 Å². The number of alkyl halides is 2. The summed E-state index contributed by atoms with van der Waals surface area (Å²) in [5.41, 5.74) is 3.73. The number of piperidine rings is 1. The molecule has 2 saturated heterocycles. The maximum absolute atomic E-state index is 15.3. The summed E-state index contributed by atoms with van der Waals surface area (Å²) in [4.78, 5) is 23.4. The van der Waals surface area contributed by atoms with E-state index in [2.05, 4.69) is 49.2 Å². The second kappa shape index (κ2) is 10.1. The second-order valence-electron chi connectivity index (χ2n) is 13.5. The number of fused-ring (bicyclic) bond motifs is 3. The van der Waals surface area contributed by atoms with Crippen LogP contribution in [-0.4, -0.2) is 82.6 Å². The van der Waals surface area contributed by atoms with Gasteiger partial charge in [0.2, 0.25) is 0 Å². The first-order chi connectivity index (χ1) is 21.2. The Balaban J connectivity index is 0.908. The van der Waals surface area contributed by atoms with E-state index >= 15 is 4.39 Å². The van der Waals surface area contributed by atoms with Crippen LogP contribution in [0.5, 0.6) is 0 Å². The Bertz CT molecular complexity index is 1720. The fourth-order valence-electron chi connectivity index (χ4n) is 7.96. The van der Waals surface area contributed by atoms with Crippen LogP contribution in [0.1, 0.15) is 41.4 Å². The first kappa shape index (κ1) is 27.7. The molecule has 0 spiro atoms. The third kappa shape index (κ3) is 4.44. The maximum Gasteiger partial charge on any atom is 0.258 e. The predicted octanol–water partition coefficient (Wildman–Crippen LogP) is 5.74. The molecule has 1 saturated carbocycles. The number of carbonyl (C=O) groups is 1. The summed E-state index contributed by atoms with van der Waals surface area (Å²) in [5.74, 6) is -3.57. The van der Waals surface area contributed by atoms with Crippen molar-refractivity contribution < 1.29 is 18.0 Å². The number of rotatable bonds is 5. The molecule has 7 nitrogen and oxygen atoms in total. The van der Waals surface area contributed by atoms with Gasteiger partial charge in [-0.15, -0.1) is 0 Å². The van der Waals surface area contributed by atoms with Crippen LogP contribution < -0.4 is 4.90 Å². The van der Waals surface area contributed by atoms with Gasteiger partial charge in [0.15, 0.2) is 0 Å². The lowest BCUT2D eigenvalue weighted by atomic mass is 9.87. The van der Waals surface area contributed by atoms with E-state index in [1.807, 2.05) is 6.07 Å². The topological polar surface area (TPSA) is 71.3 Å². The highest BCUT2D eigenvalue weighted by atomic mass is 19.3. The van der Waals surface area contributed by atoms with Gasteiger partial charge >= 0.3 is 0 Å². The molecule has 8 rings (SSSR count). The van der Waals surface area contributed by atoms with E-state index in [4.69, 9.17) is 0 Å². The van der Waals surface area contributed by atoms with Gasteiger partial charge in [-0.05, 0) is 55.5 Å². The van der Waals surface area contributed by atoms with Crippen molar-refractivity contribution in [2.75, 3.05) is 50.7 Å². The highest BCUT2D eigenvalue weighted by Crippen LogP contribution is 2.70. The highest BCUT2D eigenvalue weighted by Gasteiger charge is 2.78. The minimum absolute atomic E-state index is 0.0464. The van der Waals surface area contributed by atoms with Crippen LogP contribution in [0.2, 0.25) is 0 Å². The van der Waals surface area contributed by atoms with E-state index < -0.39 is 23.1 Å². The zero-order valence-electron chi connectivity index (χ0n) is 24.9. The van der Waals surface area contributed by atoms with Crippen molar-refractivity contribution in [2.24, 2.45) is 17.3 Å². The Hall–Kier alpha value is -3.79. The van der Waals surface area contributed by atoms with Gasteiger partial charge in [-0.2, -0.15) is 5.10 Å². The molecule has 3 fully saturated rings. The van der Waals surface area contributed by atoms with Gasteiger partial charge in [0.1, 0.15) is 11.5 Å². The average molecular weight is 603 g/mol. The summed E-state index contributed by atoms with van der Waals surface area (Å²) in [5, 5.41) is 8.02. The SMILES string of the molecule is CC12Cc3[nH]nc(-c4cc5cc(F)c(C(=O)N6CCN(CC7CCN(c8ccccc8)CC7)CC6)cc5[nH]4)c3CC1C2(F)F. The van der Waals surface area contributed by atoms with Gasteiger partial charge in [0.25, 0.3) is 11.8 Å². The van der Waals surface area contributed by atoms with E-state index in [1.54, 1.807) is 24.0 Å². The van der Waals surface area contributed by atoms with Gasteiger partial charge in [0.05, 0.1) is 11.3 Å². The number of hydrogen-bond donors (Lipinski definition) is 2. The molecular weight excluding hydrogens is 565 g/mol. The van der Waals surface area contributed by atoms with Gasteiger partial charge in [-0.25, -0.2) is 13.2 Å². The van der Waals surface area contributed by atoms with Gasteiger partial charge < -0.3 is 14.8 Å². The fourth-order valence-corrected chi connectivity index (χ4v) is 7.96. The van der Waals surface area contributed by atoms with Crippen LogP contribution in [0.25, 0.3) is 22.3 Å². The van der Waals surface area contributed by atoms with Crippen molar-refractivity contribution in [3.8, 4) is 11.4 Å². The number of piperazine rings is 1. The Morgan fingerprint density at radius 1 is 1.02 bits per heavy atom. The molecule has 0 radical (unpaired) electrons. The smallest absolute Gasteiger partial charge is 0.258 e. The first-order valence-corrected chi connectivity index (χ1v) is 15.8. The summed E-state index contributed by atoms with van der Waals surface area (Å²) >= 11 is 0. The molecule has 2 unspecified atom stereocenters. The molecule has 4 aliphatic rings. The molecule has 2 aliphatic carbocycles. The Kier molecular flexibility index (Phi) is 6.38. The van der Waals surface area contributed by atoms with E-state index in [1.165, 1.54) is 11.8 Å². The molecule has 2 aromatic carbocycles. The third-order valence-corrected chi connectivity index (χ3v) is 10.9. The molecule has 10 heteroatoms. The summed E-state index contributed by atoms with van der Waals surface area (Å²) in [6.07, 6.45) is 2.84. The lowest BCUT2D eigenvalue weighted by Crippen LogP contribution is -2.50. The molecular formula is C34H37F3N6O. The number of aromatic nitrogens is 3. The number of nitrogens with one attached hydrogen (secondary N) is 2. The van der Waals surface area contributed by atoms with Crippen LogP contribution in [0.4, 0.5) is 18.9 Å². The van der Waals surface area contributed by atoms with Crippen LogP contribution >= 0.6 is 0 Å². The van der Waals surface area contributed by atoms with Crippen LogP contribution in [0, 0.1) is 23.1 Å². The molecule has 44 heavy (non-hydrogen) atoms. The largest absolute Gasteiger partial charge is 0.372 e. The number of benzene rings is 2. The molecule has 230 valence electrons. The lowest BCUT2D eigenvalue weighted by Gasteiger charge is -2.39. The molecule has 1 amide bonds. The summed E-state index contributed by atoms with van der Waals surface area (Å²) in [6.45, 7) is 7.50. The Morgan fingerprint density at radius 3 is 2.52 bits per heavy atom. The Labute approximate surface area is 254 Å². The number of amides is 1. The minimum atomic E-state index is -2.67. The van der Waals surface area contributed by atoms with Crippen molar-refractivity contribution >= 4 is 22.5 Å². The minimum Gasteiger partial charge on any atom is -0.372 e. The molecule has 0 bridgehead atoms. The standard InChI is InChI=1S/C34H37F3N6O/c1-33-19-29-25(18-30(33)34(33,36)37)31(40-39-29)28-16-22-15-26(35)24(17-27(22)38-28)32(44)43-13-11-41(12-14-43)20-21-7-9-42(10-8-21)23-5-3-2-4-6-23/h2-6,15-17,21,30,38H,7-14,18-20H2,1H3,(H,39,40). The van der Waals surface area contributed by atoms with Gasteiger partial charge in [0, 0.05) is 91.4 Å². The predicted molar refractivity (Wildman–Crippen MR) is 164 cm³/mol. The zero-order chi connectivity index (χ0) is 30.2. The number of hydrogen-bond acceptors (Lipinski definition) is 4. The molecule has 4 heterocycles. The highest BCUT2D eigenvalue weighted by molar-refractivity contribution is 5.99. The van der Waals surface area contributed by atoms with E-state index in [-0.39, 0.29) is 24.3 Å². The molecule has 2 atom stereocenters. The zero-order valence-corrected chi connectivity index (χ0v) is 24.9. The number of halogens is 3. The van der Waals surface area contributed by atoms with Crippen molar-refractivity contribution in [2.45, 2.75) is 38.5 Å². The summed E-state index contributed by atoms with van der Waals surface area (Å²) in [7, 11) is 0. The Morgan fingerprint density at radius 2 is 1.77 bits per heavy atom. The first-order valence-electron chi connectivity index (χ1n) is 15.8. The molecule has 2 aliphatic heterocycles. The van der Waals surface area contributed by atoms with Crippen molar-refractivity contribution in [3.05, 3.63) is 71.2 Å². The summed E-state index contributed by atoms with van der Waals surface area (Å²) < 4.78 is 44.1. The van der Waals surface area contributed by atoms with Crippen molar-refractivity contribution in [1.82, 2.24) is 25.0 Å². The monoisotopic (exact) mass is 602 g/mol. The number of para-hydroxylation sites is 1. The summed E-state index contributed by atoms with van der Waals surface area (Å²) in [6, 6.07) is 15.3. The second-order valence-corrected chi connectivity index (χ2v) is 13.5. The van der Waals surface area contributed by atoms with Crippen molar-refractivity contribution in [1.29, 1.82) is 0 Å². The number of aromatic amines is 2. The average Bonchev–Trinajstić information content (AvgIpc) is 3.40. The number of anilines is 1.